The number of alkyl carbamates (subject to hydrolysis) is 1. The molecule has 4 aliphatic rings. The topological polar surface area (TPSA) is 50.8 Å². The molecule has 188 valence electrons. The normalized spacial score (nSPS) is 26.8. The lowest BCUT2D eigenvalue weighted by molar-refractivity contribution is -0.274. The van der Waals surface area contributed by atoms with Crippen molar-refractivity contribution in [2.24, 2.45) is 11.3 Å². The SMILES string of the molecule is Cc1cc(-c2ccc3c(c2)CC(C)(C)C3NC(=O)O[C@@H]2CN3CCC2CC3)ccc1OC(F)(F)F. The number of amides is 1. The lowest BCUT2D eigenvalue weighted by Gasteiger charge is -2.44. The van der Waals surface area contributed by atoms with Gasteiger partial charge in [0, 0.05) is 6.54 Å². The molecule has 3 aliphatic heterocycles. The number of benzene rings is 2. The minimum Gasteiger partial charge on any atom is -0.445 e. The maximum Gasteiger partial charge on any atom is 0.573 e. The number of piperidine rings is 3. The Kier molecular flexibility index (Phi) is 5.98. The number of carbonyl (C=O) groups is 1. The van der Waals surface area contributed by atoms with E-state index in [0.29, 0.717) is 11.5 Å². The summed E-state index contributed by atoms with van der Waals surface area (Å²) in [6, 6.07) is 10.5. The van der Waals surface area contributed by atoms with Gasteiger partial charge in [0.1, 0.15) is 11.9 Å². The molecule has 2 aromatic carbocycles. The van der Waals surface area contributed by atoms with Crippen molar-refractivity contribution < 1.29 is 27.4 Å². The summed E-state index contributed by atoms with van der Waals surface area (Å²) >= 11 is 0. The van der Waals surface area contributed by atoms with Gasteiger partial charge in [-0.05, 0) is 90.6 Å². The molecule has 3 saturated heterocycles. The van der Waals surface area contributed by atoms with Crippen molar-refractivity contribution in [2.75, 3.05) is 19.6 Å². The Hall–Kier alpha value is -2.74. The fraction of sp³-hybridized carbons (Fsp3) is 0.519. The zero-order chi connectivity index (χ0) is 25.0. The van der Waals surface area contributed by atoms with Crippen LogP contribution in [0.2, 0.25) is 0 Å². The zero-order valence-corrected chi connectivity index (χ0v) is 20.2. The molecule has 1 aliphatic carbocycles. The summed E-state index contributed by atoms with van der Waals surface area (Å²) in [5.74, 6) is 0.253. The van der Waals surface area contributed by atoms with Crippen LogP contribution in [0.15, 0.2) is 36.4 Å². The largest absolute Gasteiger partial charge is 0.573 e. The van der Waals surface area contributed by atoms with E-state index in [1.807, 2.05) is 12.1 Å². The van der Waals surface area contributed by atoms with Crippen molar-refractivity contribution in [2.45, 2.75) is 58.5 Å². The third kappa shape index (κ3) is 4.99. The van der Waals surface area contributed by atoms with Gasteiger partial charge in [0.15, 0.2) is 0 Å². The number of hydrogen-bond acceptors (Lipinski definition) is 4. The number of rotatable bonds is 4. The van der Waals surface area contributed by atoms with E-state index in [0.717, 1.165) is 61.2 Å². The van der Waals surface area contributed by atoms with E-state index in [1.165, 1.54) is 6.07 Å². The summed E-state index contributed by atoms with van der Waals surface area (Å²) in [4.78, 5) is 15.2. The number of ether oxygens (including phenoxy) is 2. The molecule has 8 heteroatoms. The van der Waals surface area contributed by atoms with Crippen molar-refractivity contribution >= 4 is 6.09 Å². The van der Waals surface area contributed by atoms with Gasteiger partial charge in [0.25, 0.3) is 0 Å². The minimum absolute atomic E-state index is 0.0450. The van der Waals surface area contributed by atoms with Crippen LogP contribution in [-0.4, -0.2) is 43.1 Å². The van der Waals surface area contributed by atoms with E-state index >= 15 is 0 Å². The highest BCUT2D eigenvalue weighted by Crippen LogP contribution is 2.46. The number of carbonyl (C=O) groups excluding carboxylic acids is 1. The fourth-order valence-electron chi connectivity index (χ4n) is 5.91. The summed E-state index contributed by atoms with van der Waals surface area (Å²) in [5.41, 5.74) is 4.12. The summed E-state index contributed by atoms with van der Waals surface area (Å²) in [7, 11) is 0. The molecule has 0 aromatic heterocycles. The van der Waals surface area contributed by atoms with Crippen molar-refractivity contribution in [3.63, 3.8) is 0 Å². The predicted molar refractivity (Wildman–Crippen MR) is 126 cm³/mol. The van der Waals surface area contributed by atoms with Crippen LogP contribution in [0.5, 0.6) is 5.75 Å². The van der Waals surface area contributed by atoms with E-state index < -0.39 is 6.36 Å². The molecule has 2 bridgehead atoms. The number of nitrogens with one attached hydrogen (secondary N) is 1. The molecule has 3 fully saturated rings. The van der Waals surface area contributed by atoms with Crippen LogP contribution in [-0.2, 0) is 11.2 Å². The summed E-state index contributed by atoms with van der Waals surface area (Å²) in [6.07, 6.45) is -2.19. The molecule has 2 atom stereocenters. The Balaban J connectivity index is 1.31. The highest BCUT2D eigenvalue weighted by atomic mass is 19.4. The maximum absolute atomic E-state index is 12.9. The van der Waals surface area contributed by atoms with Crippen LogP contribution in [0, 0.1) is 18.3 Å². The van der Waals surface area contributed by atoms with Crippen LogP contribution in [0.4, 0.5) is 18.0 Å². The molecule has 1 unspecified atom stereocenters. The van der Waals surface area contributed by atoms with E-state index in [2.05, 4.69) is 34.9 Å². The second-order valence-corrected chi connectivity index (χ2v) is 10.8. The average Bonchev–Trinajstić information content (AvgIpc) is 3.03. The molecular weight excluding hydrogens is 457 g/mol. The lowest BCUT2D eigenvalue weighted by atomic mass is 9.85. The number of halogens is 3. The van der Waals surface area contributed by atoms with Crippen LogP contribution in [0.3, 0.4) is 0 Å². The second kappa shape index (κ2) is 8.73. The van der Waals surface area contributed by atoms with Gasteiger partial charge in [0.2, 0.25) is 0 Å². The molecule has 0 saturated carbocycles. The van der Waals surface area contributed by atoms with E-state index in [1.54, 1.807) is 19.1 Å². The number of fused-ring (bicyclic) bond motifs is 4. The number of hydrogen-bond donors (Lipinski definition) is 1. The molecule has 1 amide bonds. The van der Waals surface area contributed by atoms with Crippen LogP contribution in [0.1, 0.15) is 49.4 Å². The van der Waals surface area contributed by atoms with Crippen LogP contribution >= 0.6 is 0 Å². The molecule has 35 heavy (non-hydrogen) atoms. The van der Waals surface area contributed by atoms with Crippen molar-refractivity contribution in [1.29, 1.82) is 0 Å². The van der Waals surface area contributed by atoms with Gasteiger partial charge in [-0.1, -0.05) is 38.1 Å². The molecule has 1 N–H and O–H groups in total. The zero-order valence-electron chi connectivity index (χ0n) is 20.2. The molecule has 2 aromatic rings. The molecule has 5 nitrogen and oxygen atoms in total. The minimum atomic E-state index is -4.72. The standard InChI is InChI=1S/C27H31F3N2O3/c1-16-12-18(5-7-22(16)35-27(28,29)30)19-4-6-21-20(13-19)14-26(2,3)24(21)31-25(33)34-23-15-32-10-8-17(23)9-11-32/h4-7,12-13,17,23-24H,8-11,14-15H2,1-3H3,(H,31,33)/t23-,24?/m1/s1. The first-order chi connectivity index (χ1) is 16.5. The van der Waals surface area contributed by atoms with Gasteiger partial charge >= 0.3 is 12.5 Å². The molecule has 0 radical (unpaired) electrons. The van der Waals surface area contributed by atoms with Gasteiger partial charge in [0.05, 0.1) is 6.04 Å². The Morgan fingerprint density at radius 3 is 2.40 bits per heavy atom. The van der Waals surface area contributed by atoms with Gasteiger partial charge < -0.3 is 14.8 Å². The molecule has 6 rings (SSSR count). The highest BCUT2D eigenvalue weighted by Gasteiger charge is 2.42. The van der Waals surface area contributed by atoms with E-state index in [9.17, 15) is 18.0 Å². The fourth-order valence-corrected chi connectivity index (χ4v) is 5.91. The monoisotopic (exact) mass is 488 g/mol. The first kappa shape index (κ1) is 24.0. The third-order valence-electron chi connectivity index (χ3n) is 7.73. The average molecular weight is 489 g/mol. The number of nitrogens with zero attached hydrogens (tertiary/aromatic N) is 1. The molecular formula is C27H31F3N2O3. The predicted octanol–water partition coefficient (Wildman–Crippen LogP) is 6.00. The lowest BCUT2D eigenvalue weighted by Crippen LogP contribution is -2.53. The third-order valence-corrected chi connectivity index (χ3v) is 7.73. The van der Waals surface area contributed by atoms with E-state index in [-0.39, 0.29) is 29.4 Å². The quantitative estimate of drug-likeness (QED) is 0.573. The Morgan fingerprint density at radius 2 is 1.77 bits per heavy atom. The smallest absolute Gasteiger partial charge is 0.445 e. The summed E-state index contributed by atoms with van der Waals surface area (Å²) in [6.45, 7) is 8.85. The number of aryl methyl sites for hydroxylation is 1. The Labute approximate surface area is 203 Å². The van der Waals surface area contributed by atoms with Gasteiger partial charge in [-0.25, -0.2) is 4.79 Å². The van der Waals surface area contributed by atoms with Crippen molar-refractivity contribution in [1.82, 2.24) is 10.2 Å². The maximum atomic E-state index is 12.9. The Morgan fingerprint density at radius 1 is 1.09 bits per heavy atom. The van der Waals surface area contributed by atoms with Crippen molar-refractivity contribution in [3.05, 3.63) is 53.1 Å². The summed E-state index contributed by atoms with van der Waals surface area (Å²) < 4.78 is 47.8. The molecule has 3 heterocycles. The molecule has 0 spiro atoms. The summed E-state index contributed by atoms with van der Waals surface area (Å²) in [5, 5.41) is 3.13. The second-order valence-electron chi connectivity index (χ2n) is 10.8. The van der Waals surface area contributed by atoms with Gasteiger partial charge in [-0.15, -0.1) is 13.2 Å². The first-order valence-electron chi connectivity index (χ1n) is 12.2. The van der Waals surface area contributed by atoms with E-state index in [4.69, 9.17) is 4.74 Å². The Bertz CT molecular complexity index is 1120. The number of alkyl halides is 3. The van der Waals surface area contributed by atoms with Crippen LogP contribution < -0.4 is 10.1 Å². The van der Waals surface area contributed by atoms with Crippen LogP contribution in [0.25, 0.3) is 11.1 Å². The van der Waals surface area contributed by atoms with Gasteiger partial charge in [-0.2, -0.15) is 0 Å². The first-order valence-corrected chi connectivity index (χ1v) is 12.2. The van der Waals surface area contributed by atoms with Gasteiger partial charge in [-0.3, -0.25) is 4.90 Å². The highest BCUT2D eigenvalue weighted by molar-refractivity contribution is 5.71. The van der Waals surface area contributed by atoms with Crippen molar-refractivity contribution in [3.8, 4) is 16.9 Å².